The molecule has 4 rings (SSSR count). The zero-order chi connectivity index (χ0) is 23.7. The number of fused-ring (bicyclic) bond motifs is 3. The SMILES string of the molecule is CCc1ccc(O)c2c1C[C@@H]1C[C@@H]3[C@@H](N(C)C)C(=O)C(C(N)=O)=C(O)[C@@]3(O)C(=O)C1=C2O. The standard InChI is InChI=1S/C23H26N2O7/c1-4-9-5-6-13(26)15-11(9)7-10-8-12-17(25(2)3)19(28)16(22(24)31)21(30)23(12,32)20(29)14(10)18(15)27/h5-6,10,12,17,26-27,30,32H,4,7-8H2,1-3H3,(H2,24,31)/t10-,12-,17-,23+/m1/s1. The Kier molecular flexibility index (Phi) is 4.94. The summed E-state index contributed by atoms with van der Waals surface area (Å²) in [5.41, 5.74) is 3.47. The third-order valence-corrected chi connectivity index (χ3v) is 7.08. The molecule has 1 aromatic rings. The molecule has 1 saturated carbocycles. The Hall–Kier alpha value is -3.17. The number of aromatic hydroxyl groups is 1. The Labute approximate surface area is 184 Å². The van der Waals surface area contributed by atoms with E-state index in [-0.39, 0.29) is 23.3 Å². The van der Waals surface area contributed by atoms with E-state index in [1.54, 1.807) is 20.2 Å². The molecule has 0 aromatic heterocycles. The Morgan fingerprint density at radius 3 is 2.44 bits per heavy atom. The monoisotopic (exact) mass is 442 g/mol. The van der Waals surface area contributed by atoms with Gasteiger partial charge in [0.1, 0.15) is 22.8 Å². The van der Waals surface area contributed by atoms with Gasteiger partial charge < -0.3 is 26.2 Å². The van der Waals surface area contributed by atoms with Crippen molar-refractivity contribution in [1.82, 2.24) is 4.90 Å². The first kappa shape index (κ1) is 22.0. The summed E-state index contributed by atoms with van der Waals surface area (Å²) in [5.74, 6) is -6.38. The van der Waals surface area contributed by atoms with Crippen molar-refractivity contribution in [2.45, 2.75) is 37.8 Å². The van der Waals surface area contributed by atoms with Gasteiger partial charge in [-0.05, 0) is 56.5 Å². The van der Waals surface area contributed by atoms with Crippen LogP contribution in [0.5, 0.6) is 5.75 Å². The van der Waals surface area contributed by atoms with Gasteiger partial charge in [0.2, 0.25) is 5.78 Å². The van der Waals surface area contributed by atoms with Gasteiger partial charge in [-0.1, -0.05) is 13.0 Å². The number of ketones is 2. The number of phenolic OH excluding ortho intramolecular Hbond substituents is 1. The first-order valence-corrected chi connectivity index (χ1v) is 10.4. The number of phenols is 1. The number of benzene rings is 1. The second kappa shape index (κ2) is 7.18. The number of aliphatic hydroxyl groups is 3. The van der Waals surface area contributed by atoms with Crippen molar-refractivity contribution in [3.8, 4) is 5.75 Å². The van der Waals surface area contributed by atoms with Gasteiger partial charge in [-0.3, -0.25) is 19.3 Å². The fourth-order valence-corrected chi connectivity index (χ4v) is 5.64. The quantitative estimate of drug-likeness (QED) is 0.424. The summed E-state index contributed by atoms with van der Waals surface area (Å²) in [4.78, 5) is 40.1. The minimum atomic E-state index is -2.61. The van der Waals surface area contributed by atoms with Crippen LogP contribution in [0.25, 0.3) is 5.76 Å². The van der Waals surface area contributed by atoms with Crippen LogP contribution in [-0.4, -0.2) is 68.5 Å². The normalized spacial score (nSPS) is 29.7. The first-order chi connectivity index (χ1) is 15.0. The number of likely N-dealkylation sites (N-methyl/N-ethyl adjacent to an activating group) is 1. The minimum Gasteiger partial charge on any atom is -0.508 e. The molecule has 0 unspecified atom stereocenters. The van der Waals surface area contributed by atoms with Gasteiger partial charge in [-0.2, -0.15) is 0 Å². The molecule has 0 aliphatic heterocycles. The van der Waals surface area contributed by atoms with E-state index in [0.29, 0.717) is 18.4 Å². The molecule has 3 aliphatic rings. The van der Waals surface area contributed by atoms with E-state index < -0.39 is 58.0 Å². The summed E-state index contributed by atoms with van der Waals surface area (Å²) in [5, 5.41) is 43.7. The molecule has 0 bridgehead atoms. The molecular formula is C23H26N2O7. The van der Waals surface area contributed by atoms with Crippen molar-refractivity contribution >= 4 is 23.2 Å². The maximum absolute atomic E-state index is 13.6. The predicted octanol–water partition coefficient (Wildman–Crippen LogP) is 0.526. The van der Waals surface area contributed by atoms with E-state index in [2.05, 4.69) is 0 Å². The number of nitrogens with two attached hydrogens (primary N) is 1. The van der Waals surface area contributed by atoms with Crippen molar-refractivity contribution in [3.63, 3.8) is 0 Å². The number of aryl methyl sites for hydroxylation is 1. The number of hydrogen-bond donors (Lipinski definition) is 5. The maximum Gasteiger partial charge on any atom is 0.255 e. The van der Waals surface area contributed by atoms with Gasteiger partial charge in [0, 0.05) is 11.5 Å². The molecule has 0 spiro atoms. The lowest BCUT2D eigenvalue weighted by Gasteiger charge is -2.50. The molecule has 6 N–H and O–H groups in total. The number of carbonyl (C=O) groups is 3. The molecule has 1 aromatic carbocycles. The van der Waals surface area contributed by atoms with Gasteiger partial charge in [0.25, 0.3) is 5.91 Å². The number of amides is 1. The second-order valence-corrected chi connectivity index (χ2v) is 8.91. The molecule has 0 radical (unpaired) electrons. The van der Waals surface area contributed by atoms with Crippen molar-refractivity contribution in [3.05, 3.63) is 45.7 Å². The van der Waals surface area contributed by atoms with E-state index in [1.807, 2.05) is 6.92 Å². The molecule has 0 saturated heterocycles. The fourth-order valence-electron chi connectivity index (χ4n) is 5.64. The lowest BCUT2D eigenvalue weighted by molar-refractivity contribution is -0.153. The van der Waals surface area contributed by atoms with Crippen LogP contribution in [0.2, 0.25) is 0 Å². The zero-order valence-electron chi connectivity index (χ0n) is 18.0. The Bertz CT molecular complexity index is 1130. The van der Waals surface area contributed by atoms with Crippen LogP contribution < -0.4 is 5.73 Å². The summed E-state index contributed by atoms with van der Waals surface area (Å²) in [6.07, 6.45) is 1.04. The molecule has 0 heterocycles. The van der Waals surface area contributed by atoms with Gasteiger partial charge in [0.15, 0.2) is 11.4 Å². The lowest BCUT2D eigenvalue weighted by atomic mass is 9.57. The molecule has 1 amide bonds. The smallest absolute Gasteiger partial charge is 0.255 e. The van der Waals surface area contributed by atoms with Gasteiger partial charge >= 0.3 is 0 Å². The van der Waals surface area contributed by atoms with Crippen LogP contribution in [0.4, 0.5) is 0 Å². The van der Waals surface area contributed by atoms with Gasteiger partial charge in [0.05, 0.1) is 11.6 Å². The van der Waals surface area contributed by atoms with Crippen molar-refractivity contribution in [1.29, 1.82) is 0 Å². The van der Waals surface area contributed by atoms with Crippen LogP contribution in [0.15, 0.2) is 29.0 Å². The van der Waals surface area contributed by atoms with Crippen LogP contribution in [0.3, 0.4) is 0 Å². The molecular weight excluding hydrogens is 416 g/mol. The first-order valence-electron chi connectivity index (χ1n) is 10.4. The van der Waals surface area contributed by atoms with Crippen LogP contribution in [0, 0.1) is 11.8 Å². The number of aliphatic hydroxyl groups excluding tert-OH is 2. The summed E-state index contributed by atoms with van der Waals surface area (Å²) >= 11 is 0. The Balaban J connectivity index is 1.99. The highest BCUT2D eigenvalue weighted by Gasteiger charge is 2.64. The minimum absolute atomic E-state index is 0.0879. The molecule has 9 nitrogen and oxygen atoms in total. The number of rotatable bonds is 3. The summed E-state index contributed by atoms with van der Waals surface area (Å²) in [7, 11) is 3.14. The Morgan fingerprint density at radius 1 is 1.22 bits per heavy atom. The molecule has 1 fully saturated rings. The van der Waals surface area contributed by atoms with Crippen molar-refractivity contribution < 1.29 is 34.8 Å². The predicted molar refractivity (Wildman–Crippen MR) is 114 cm³/mol. The zero-order valence-corrected chi connectivity index (χ0v) is 18.0. The summed E-state index contributed by atoms with van der Waals surface area (Å²) in [6.45, 7) is 1.93. The summed E-state index contributed by atoms with van der Waals surface area (Å²) in [6, 6.07) is 2.11. The number of carbonyl (C=O) groups excluding carboxylic acids is 3. The third-order valence-electron chi connectivity index (χ3n) is 7.08. The largest absolute Gasteiger partial charge is 0.508 e. The number of Topliss-reactive ketones (excluding diaryl/α,β-unsaturated/α-hetero) is 2. The highest BCUT2D eigenvalue weighted by Crippen LogP contribution is 2.52. The van der Waals surface area contributed by atoms with E-state index in [9.17, 15) is 34.8 Å². The van der Waals surface area contributed by atoms with E-state index in [0.717, 1.165) is 5.56 Å². The molecule has 3 aliphatic carbocycles. The van der Waals surface area contributed by atoms with Crippen LogP contribution in [-0.2, 0) is 27.2 Å². The highest BCUT2D eigenvalue weighted by molar-refractivity contribution is 6.24. The average Bonchev–Trinajstić information content (AvgIpc) is 2.70. The molecule has 4 atom stereocenters. The van der Waals surface area contributed by atoms with E-state index in [4.69, 9.17) is 5.73 Å². The Morgan fingerprint density at radius 2 is 1.88 bits per heavy atom. The van der Waals surface area contributed by atoms with Crippen LogP contribution >= 0.6 is 0 Å². The highest BCUT2D eigenvalue weighted by atomic mass is 16.3. The van der Waals surface area contributed by atoms with Crippen LogP contribution in [0.1, 0.15) is 30.0 Å². The van der Waals surface area contributed by atoms with Gasteiger partial charge in [-0.25, -0.2) is 0 Å². The number of hydrogen-bond acceptors (Lipinski definition) is 8. The van der Waals surface area contributed by atoms with Gasteiger partial charge in [-0.15, -0.1) is 0 Å². The van der Waals surface area contributed by atoms with E-state index >= 15 is 0 Å². The average molecular weight is 442 g/mol. The molecule has 32 heavy (non-hydrogen) atoms. The maximum atomic E-state index is 13.6. The van der Waals surface area contributed by atoms with Crippen molar-refractivity contribution in [2.75, 3.05) is 14.1 Å². The molecule has 9 heteroatoms. The lowest BCUT2D eigenvalue weighted by Crippen LogP contribution is -2.65. The number of primary amides is 1. The second-order valence-electron chi connectivity index (χ2n) is 8.91. The molecule has 170 valence electrons. The fraction of sp³-hybridized carbons (Fsp3) is 0.435. The third kappa shape index (κ3) is 2.67. The summed E-state index contributed by atoms with van der Waals surface area (Å²) < 4.78 is 0. The van der Waals surface area contributed by atoms with Crippen molar-refractivity contribution in [2.24, 2.45) is 17.6 Å². The van der Waals surface area contributed by atoms with E-state index in [1.165, 1.54) is 11.0 Å². The topological polar surface area (TPSA) is 161 Å². The number of nitrogens with zero attached hydrogens (tertiary/aromatic N) is 1.